The van der Waals surface area contributed by atoms with Gasteiger partial charge in [0.05, 0.1) is 10.9 Å². The maximum atomic E-state index is 15.2. The molecule has 2 aromatic rings. The lowest BCUT2D eigenvalue weighted by Crippen LogP contribution is -2.56. The molecule has 4 aliphatic rings. The molecule has 0 aliphatic carbocycles. The van der Waals surface area contributed by atoms with Crippen LogP contribution in [-0.2, 0) is 4.74 Å². The highest BCUT2D eigenvalue weighted by Crippen LogP contribution is 2.41. The minimum Gasteiger partial charge on any atom is -0.461 e. The Hall–Kier alpha value is -2.46. The summed E-state index contributed by atoms with van der Waals surface area (Å²) in [7, 11) is 0. The summed E-state index contributed by atoms with van der Waals surface area (Å²) < 4.78 is 27.0. The summed E-state index contributed by atoms with van der Waals surface area (Å²) >= 11 is 6.04. The molecule has 9 nitrogen and oxygen atoms in total. The fourth-order valence-corrected chi connectivity index (χ4v) is 6.78. The van der Waals surface area contributed by atoms with Crippen LogP contribution in [0.25, 0.3) is 10.9 Å². The molecular weight excluding hydrogens is 499 g/mol. The highest BCUT2D eigenvalue weighted by Gasteiger charge is 2.46. The fraction of sp³-hybridized carbons (Fsp3) is 0.692. The van der Waals surface area contributed by atoms with Crippen molar-refractivity contribution in [2.24, 2.45) is 0 Å². The van der Waals surface area contributed by atoms with Crippen molar-refractivity contribution in [3.8, 4) is 6.01 Å². The van der Waals surface area contributed by atoms with Crippen molar-refractivity contribution in [2.75, 3.05) is 37.7 Å². The molecule has 0 spiro atoms. The van der Waals surface area contributed by atoms with Crippen LogP contribution in [0.1, 0.15) is 59.3 Å². The SMILES string of the molecule is CC(C)(C)OC(=O)N1C[C@H]2CC[C@@H](C1)N2c1nc(OCC23CCCN2CCC3)nc2c(F)c(Cl)ncc12. The predicted octanol–water partition coefficient (Wildman–Crippen LogP) is 4.41. The van der Waals surface area contributed by atoms with Gasteiger partial charge in [-0.3, -0.25) is 4.90 Å². The maximum absolute atomic E-state index is 15.2. The van der Waals surface area contributed by atoms with E-state index in [4.69, 9.17) is 26.1 Å². The number of fused-ring (bicyclic) bond motifs is 4. The van der Waals surface area contributed by atoms with Gasteiger partial charge in [-0.2, -0.15) is 9.97 Å². The molecule has 4 saturated heterocycles. The van der Waals surface area contributed by atoms with Crippen molar-refractivity contribution in [2.45, 2.75) is 82.5 Å². The third kappa shape index (κ3) is 4.46. The van der Waals surface area contributed by atoms with E-state index in [1.165, 1.54) is 6.20 Å². The van der Waals surface area contributed by atoms with Crippen LogP contribution in [0.15, 0.2) is 6.20 Å². The monoisotopic (exact) mass is 532 g/mol. The van der Waals surface area contributed by atoms with Gasteiger partial charge in [0.15, 0.2) is 11.0 Å². The zero-order valence-corrected chi connectivity index (χ0v) is 22.4. The van der Waals surface area contributed by atoms with E-state index in [1.54, 1.807) is 4.90 Å². The first-order chi connectivity index (χ1) is 17.6. The van der Waals surface area contributed by atoms with Crippen LogP contribution in [0, 0.1) is 5.82 Å². The molecule has 0 unspecified atom stereocenters. The van der Waals surface area contributed by atoms with Crippen LogP contribution in [-0.4, -0.2) is 86.9 Å². The summed E-state index contributed by atoms with van der Waals surface area (Å²) in [6, 6.07) is 0.204. The third-order valence-corrected chi connectivity index (χ3v) is 8.52. The molecule has 4 fully saturated rings. The zero-order chi connectivity index (χ0) is 25.9. The molecule has 0 aromatic carbocycles. The Morgan fingerprint density at radius 1 is 1.16 bits per heavy atom. The standard InChI is InChI=1S/C26H34ClFN6O3/c1-25(2,3)37-24(35)32-13-16-6-7-17(14-32)34(16)22-18-12-29-21(27)19(28)20(18)30-23(31-22)36-15-26-8-4-10-33(26)11-5-9-26/h12,16-17H,4-11,13-15H2,1-3H3/t16-,17+. The average Bonchev–Trinajstić information content (AvgIpc) is 3.49. The zero-order valence-electron chi connectivity index (χ0n) is 21.7. The minimum absolute atomic E-state index is 0.0188. The average molecular weight is 533 g/mol. The first-order valence-corrected chi connectivity index (χ1v) is 13.7. The number of aromatic nitrogens is 3. The van der Waals surface area contributed by atoms with Gasteiger partial charge in [0, 0.05) is 31.4 Å². The predicted molar refractivity (Wildman–Crippen MR) is 138 cm³/mol. The number of likely N-dealkylation sites (tertiary alicyclic amines) is 1. The van der Waals surface area contributed by atoms with Gasteiger partial charge in [-0.1, -0.05) is 11.6 Å². The number of carbonyl (C=O) groups excluding carboxylic acids is 1. The number of pyridine rings is 1. The summed E-state index contributed by atoms with van der Waals surface area (Å²) in [4.78, 5) is 32.6. The number of anilines is 1. The normalized spacial score (nSPS) is 25.1. The molecule has 0 N–H and O–H groups in total. The molecule has 1 amide bonds. The van der Waals surface area contributed by atoms with Gasteiger partial charge in [-0.25, -0.2) is 14.2 Å². The number of ether oxygens (including phenoxy) is 2. The quantitative estimate of drug-likeness (QED) is 0.535. The van der Waals surface area contributed by atoms with Gasteiger partial charge in [0.2, 0.25) is 0 Å². The van der Waals surface area contributed by atoms with Crippen molar-refractivity contribution in [3.63, 3.8) is 0 Å². The summed E-state index contributed by atoms with van der Waals surface area (Å²) in [6.45, 7) is 9.29. The second-order valence-corrected chi connectivity index (χ2v) is 12.2. The number of hydrogen-bond acceptors (Lipinski definition) is 8. The smallest absolute Gasteiger partial charge is 0.410 e. The Morgan fingerprint density at radius 3 is 2.49 bits per heavy atom. The molecule has 4 aliphatic heterocycles. The molecule has 11 heteroatoms. The van der Waals surface area contributed by atoms with Crippen LogP contribution in [0.4, 0.5) is 15.0 Å². The van der Waals surface area contributed by atoms with Crippen LogP contribution in [0.5, 0.6) is 6.01 Å². The minimum atomic E-state index is -0.672. The van der Waals surface area contributed by atoms with Crippen LogP contribution in [0.2, 0.25) is 5.15 Å². The van der Waals surface area contributed by atoms with Crippen LogP contribution >= 0.6 is 11.6 Å². The van der Waals surface area contributed by atoms with Gasteiger partial charge in [-0.15, -0.1) is 0 Å². The van der Waals surface area contributed by atoms with E-state index >= 15 is 4.39 Å². The first-order valence-electron chi connectivity index (χ1n) is 13.3. The highest BCUT2D eigenvalue weighted by molar-refractivity contribution is 6.30. The number of hydrogen-bond donors (Lipinski definition) is 0. The van der Waals surface area contributed by atoms with E-state index in [1.807, 2.05) is 20.8 Å². The maximum Gasteiger partial charge on any atom is 0.410 e. The highest BCUT2D eigenvalue weighted by atomic mass is 35.5. The molecule has 2 atom stereocenters. The summed E-state index contributed by atoms with van der Waals surface area (Å²) in [5.41, 5.74) is -0.426. The van der Waals surface area contributed by atoms with Gasteiger partial charge >= 0.3 is 12.1 Å². The van der Waals surface area contributed by atoms with Crippen molar-refractivity contribution in [3.05, 3.63) is 17.2 Å². The van der Waals surface area contributed by atoms with Crippen molar-refractivity contribution in [1.29, 1.82) is 0 Å². The van der Waals surface area contributed by atoms with E-state index in [0.717, 1.165) is 51.6 Å². The summed E-state index contributed by atoms with van der Waals surface area (Å²) in [5.74, 6) is -0.0828. The fourth-order valence-electron chi connectivity index (χ4n) is 6.64. The number of rotatable bonds is 4. The van der Waals surface area contributed by atoms with E-state index in [9.17, 15) is 4.79 Å². The lowest BCUT2D eigenvalue weighted by atomic mass is 9.95. The molecule has 6 rings (SSSR count). The molecule has 0 radical (unpaired) electrons. The number of halogens is 2. The van der Waals surface area contributed by atoms with Crippen molar-refractivity contribution < 1.29 is 18.7 Å². The molecule has 0 saturated carbocycles. The van der Waals surface area contributed by atoms with Crippen LogP contribution in [0.3, 0.4) is 0 Å². The Labute approximate surface area is 221 Å². The summed E-state index contributed by atoms with van der Waals surface area (Å²) in [5, 5.41) is 0.274. The number of nitrogens with zero attached hydrogens (tertiary/aromatic N) is 6. The molecule has 2 bridgehead atoms. The second kappa shape index (κ2) is 9.08. The molecular formula is C26H34ClFN6O3. The molecule has 37 heavy (non-hydrogen) atoms. The lowest BCUT2D eigenvalue weighted by molar-refractivity contribution is 0.0209. The molecule has 2 aromatic heterocycles. The van der Waals surface area contributed by atoms with Gasteiger partial charge < -0.3 is 19.3 Å². The van der Waals surface area contributed by atoms with E-state index in [2.05, 4.69) is 19.8 Å². The van der Waals surface area contributed by atoms with E-state index in [0.29, 0.717) is 30.9 Å². The van der Waals surface area contributed by atoms with Gasteiger partial charge in [-0.05, 0) is 72.4 Å². The first kappa shape index (κ1) is 24.9. The van der Waals surface area contributed by atoms with Crippen molar-refractivity contribution >= 4 is 34.4 Å². The van der Waals surface area contributed by atoms with E-state index < -0.39 is 11.4 Å². The number of amides is 1. The van der Waals surface area contributed by atoms with Gasteiger partial charge in [0.25, 0.3) is 0 Å². The Kier molecular flexibility index (Phi) is 6.10. The summed E-state index contributed by atoms with van der Waals surface area (Å²) in [6.07, 6.45) is 7.52. The Balaban J connectivity index is 1.31. The lowest BCUT2D eigenvalue weighted by Gasteiger charge is -2.42. The topological polar surface area (TPSA) is 83.9 Å². The van der Waals surface area contributed by atoms with Crippen molar-refractivity contribution in [1.82, 2.24) is 24.8 Å². The Morgan fingerprint density at radius 2 is 1.84 bits per heavy atom. The van der Waals surface area contributed by atoms with E-state index in [-0.39, 0.29) is 40.4 Å². The third-order valence-electron chi connectivity index (χ3n) is 8.26. The second-order valence-electron chi connectivity index (χ2n) is 11.8. The molecule has 200 valence electrons. The molecule has 6 heterocycles. The number of carbonyl (C=O) groups is 1. The number of piperazine rings is 1. The van der Waals surface area contributed by atoms with Gasteiger partial charge in [0.1, 0.15) is 23.5 Å². The van der Waals surface area contributed by atoms with Crippen LogP contribution < -0.4 is 9.64 Å². The largest absolute Gasteiger partial charge is 0.461 e. The Bertz CT molecular complexity index is 1200.